The summed E-state index contributed by atoms with van der Waals surface area (Å²) in [4.78, 5) is 25.1. The van der Waals surface area contributed by atoms with E-state index in [1.807, 2.05) is 109 Å². The minimum Gasteiger partial charge on any atom is -0.462 e. The van der Waals surface area contributed by atoms with Crippen LogP contribution >= 0.6 is 0 Å². The van der Waals surface area contributed by atoms with Crippen LogP contribution in [0.4, 0.5) is 0 Å². The van der Waals surface area contributed by atoms with E-state index in [9.17, 15) is 9.59 Å². The Hall–Kier alpha value is -4.18. The van der Waals surface area contributed by atoms with Crippen molar-refractivity contribution in [2.75, 3.05) is 13.2 Å². The summed E-state index contributed by atoms with van der Waals surface area (Å²) in [6, 6.07) is 35.3. The van der Waals surface area contributed by atoms with E-state index in [4.69, 9.17) is 9.47 Å². The average molecular weight is 505 g/mol. The van der Waals surface area contributed by atoms with Gasteiger partial charge in [0, 0.05) is 0 Å². The maximum absolute atomic E-state index is 12.5. The van der Waals surface area contributed by atoms with Crippen LogP contribution in [0.15, 0.2) is 109 Å². The van der Waals surface area contributed by atoms with Crippen molar-refractivity contribution in [3.63, 3.8) is 0 Å². The predicted molar refractivity (Wildman–Crippen MR) is 150 cm³/mol. The van der Waals surface area contributed by atoms with Gasteiger partial charge in [-0.2, -0.15) is 0 Å². The standard InChI is InChI=1S/C34H32O4/c35-33(31-19-15-29(16-20-31)27-7-3-1-4-8-27)37-23-25-11-13-26(14-12-25)24-38-34(36)32-21-17-30(18-22-32)28-9-5-2-6-10-28/h1-10,15-22,25-26H,11-14,23-24H2. The lowest BCUT2D eigenvalue weighted by Gasteiger charge is -2.27. The van der Waals surface area contributed by atoms with Gasteiger partial charge < -0.3 is 9.47 Å². The number of benzene rings is 4. The number of ether oxygens (including phenoxy) is 2. The molecule has 0 amide bonds. The first kappa shape index (κ1) is 25.5. The molecule has 0 heterocycles. The Morgan fingerprint density at radius 1 is 0.474 bits per heavy atom. The highest BCUT2D eigenvalue weighted by Gasteiger charge is 2.24. The first-order chi connectivity index (χ1) is 18.7. The molecule has 192 valence electrons. The van der Waals surface area contributed by atoms with Crippen LogP contribution in [-0.4, -0.2) is 25.2 Å². The van der Waals surface area contributed by atoms with Crippen LogP contribution < -0.4 is 0 Å². The van der Waals surface area contributed by atoms with E-state index in [0.29, 0.717) is 36.2 Å². The molecule has 0 radical (unpaired) electrons. The monoisotopic (exact) mass is 504 g/mol. The molecule has 0 N–H and O–H groups in total. The molecule has 5 rings (SSSR count). The van der Waals surface area contributed by atoms with E-state index in [-0.39, 0.29) is 11.9 Å². The summed E-state index contributed by atoms with van der Waals surface area (Å²) in [5, 5.41) is 0. The Morgan fingerprint density at radius 3 is 1.13 bits per heavy atom. The molecule has 1 aliphatic carbocycles. The highest BCUT2D eigenvalue weighted by atomic mass is 16.5. The Morgan fingerprint density at radius 2 is 0.789 bits per heavy atom. The van der Waals surface area contributed by atoms with Crippen LogP contribution in [0, 0.1) is 11.8 Å². The fraction of sp³-hybridized carbons (Fsp3) is 0.235. The van der Waals surface area contributed by atoms with Crippen molar-refractivity contribution in [2.24, 2.45) is 11.8 Å². The van der Waals surface area contributed by atoms with Gasteiger partial charge in [-0.25, -0.2) is 9.59 Å². The fourth-order valence-electron chi connectivity index (χ4n) is 4.98. The molecule has 4 aromatic rings. The molecule has 0 aromatic heterocycles. The van der Waals surface area contributed by atoms with Gasteiger partial charge in [-0.05, 0) is 84.0 Å². The van der Waals surface area contributed by atoms with E-state index in [0.717, 1.165) is 47.9 Å². The van der Waals surface area contributed by atoms with E-state index in [2.05, 4.69) is 0 Å². The first-order valence-electron chi connectivity index (χ1n) is 13.3. The molecule has 0 spiro atoms. The minimum absolute atomic E-state index is 0.279. The molecule has 4 nitrogen and oxygen atoms in total. The van der Waals surface area contributed by atoms with Crippen LogP contribution in [0.3, 0.4) is 0 Å². The molecule has 38 heavy (non-hydrogen) atoms. The van der Waals surface area contributed by atoms with Crippen LogP contribution in [-0.2, 0) is 9.47 Å². The molecule has 1 fully saturated rings. The molecule has 0 atom stereocenters. The van der Waals surface area contributed by atoms with E-state index in [1.54, 1.807) is 0 Å². The summed E-state index contributed by atoms with van der Waals surface area (Å²) in [5.74, 6) is 0.137. The van der Waals surface area contributed by atoms with Gasteiger partial charge in [-0.3, -0.25) is 0 Å². The summed E-state index contributed by atoms with van der Waals surface area (Å²) < 4.78 is 11.2. The number of esters is 2. The lowest BCUT2D eigenvalue weighted by molar-refractivity contribution is 0.0297. The van der Waals surface area contributed by atoms with Gasteiger partial charge in [0.15, 0.2) is 0 Å². The second kappa shape index (κ2) is 12.4. The van der Waals surface area contributed by atoms with Crippen LogP contribution in [0.1, 0.15) is 46.4 Å². The average Bonchev–Trinajstić information content (AvgIpc) is 3.00. The third-order valence-electron chi connectivity index (χ3n) is 7.32. The van der Waals surface area contributed by atoms with Crippen molar-refractivity contribution < 1.29 is 19.1 Å². The first-order valence-corrected chi connectivity index (χ1v) is 13.3. The number of hydrogen-bond donors (Lipinski definition) is 0. The van der Waals surface area contributed by atoms with Crippen molar-refractivity contribution in [1.29, 1.82) is 0 Å². The normalized spacial score (nSPS) is 16.9. The van der Waals surface area contributed by atoms with E-state index >= 15 is 0 Å². The molecular formula is C34H32O4. The summed E-state index contributed by atoms with van der Waals surface area (Å²) in [5.41, 5.74) is 5.53. The smallest absolute Gasteiger partial charge is 0.338 e. The number of carbonyl (C=O) groups excluding carboxylic acids is 2. The van der Waals surface area contributed by atoms with Crippen molar-refractivity contribution in [3.8, 4) is 22.3 Å². The van der Waals surface area contributed by atoms with Gasteiger partial charge in [0.05, 0.1) is 24.3 Å². The van der Waals surface area contributed by atoms with Gasteiger partial charge in [0.2, 0.25) is 0 Å². The lowest BCUT2D eigenvalue weighted by Crippen LogP contribution is -2.24. The van der Waals surface area contributed by atoms with Crippen LogP contribution in [0.2, 0.25) is 0 Å². The van der Waals surface area contributed by atoms with Gasteiger partial charge >= 0.3 is 11.9 Å². The number of hydrogen-bond acceptors (Lipinski definition) is 4. The zero-order valence-corrected chi connectivity index (χ0v) is 21.4. The van der Waals surface area contributed by atoms with Gasteiger partial charge in [-0.1, -0.05) is 84.9 Å². The van der Waals surface area contributed by atoms with Gasteiger partial charge in [0.1, 0.15) is 0 Å². The van der Waals surface area contributed by atoms with Crippen molar-refractivity contribution in [1.82, 2.24) is 0 Å². The topological polar surface area (TPSA) is 52.6 Å². The number of carbonyl (C=O) groups is 2. The van der Waals surface area contributed by atoms with E-state index in [1.165, 1.54) is 0 Å². The van der Waals surface area contributed by atoms with E-state index < -0.39 is 0 Å². The molecule has 0 unspecified atom stereocenters. The molecule has 1 saturated carbocycles. The SMILES string of the molecule is O=C(OCC1CCC(COC(=O)c2ccc(-c3ccccc3)cc2)CC1)c1ccc(-c2ccccc2)cc1. The predicted octanol–water partition coefficient (Wildman–Crippen LogP) is 7.84. The molecular weight excluding hydrogens is 472 g/mol. The summed E-state index contributed by atoms with van der Waals surface area (Å²) in [7, 11) is 0. The maximum Gasteiger partial charge on any atom is 0.338 e. The largest absolute Gasteiger partial charge is 0.462 e. The highest BCUT2D eigenvalue weighted by molar-refractivity contribution is 5.90. The minimum atomic E-state index is -0.279. The summed E-state index contributed by atoms with van der Waals surface area (Å²) in [6.07, 6.45) is 3.87. The lowest BCUT2D eigenvalue weighted by atomic mass is 9.83. The third kappa shape index (κ3) is 6.57. The number of rotatable bonds is 8. The Balaban J connectivity index is 1.02. The highest BCUT2D eigenvalue weighted by Crippen LogP contribution is 2.30. The molecule has 1 aliphatic rings. The van der Waals surface area contributed by atoms with Crippen molar-refractivity contribution >= 4 is 11.9 Å². The molecule has 4 aromatic carbocycles. The second-order valence-corrected chi connectivity index (χ2v) is 9.97. The maximum atomic E-state index is 12.5. The van der Waals surface area contributed by atoms with Crippen molar-refractivity contribution in [2.45, 2.75) is 25.7 Å². The fourth-order valence-corrected chi connectivity index (χ4v) is 4.98. The van der Waals surface area contributed by atoms with Crippen molar-refractivity contribution in [3.05, 3.63) is 120 Å². The Bertz CT molecular complexity index is 1210. The molecule has 0 saturated heterocycles. The Kier molecular flexibility index (Phi) is 8.29. The van der Waals surface area contributed by atoms with Gasteiger partial charge in [0.25, 0.3) is 0 Å². The second-order valence-electron chi connectivity index (χ2n) is 9.97. The summed E-state index contributed by atoms with van der Waals surface area (Å²) in [6.45, 7) is 0.860. The molecule has 0 bridgehead atoms. The third-order valence-corrected chi connectivity index (χ3v) is 7.32. The summed E-state index contributed by atoms with van der Waals surface area (Å²) >= 11 is 0. The Labute approximate surface area is 224 Å². The van der Waals surface area contributed by atoms with Crippen LogP contribution in [0.5, 0.6) is 0 Å². The van der Waals surface area contributed by atoms with Gasteiger partial charge in [-0.15, -0.1) is 0 Å². The zero-order chi connectivity index (χ0) is 26.2. The molecule has 0 aliphatic heterocycles. The zero-order valence-electron chi connectivity index (χ0n) is 21.4. The quantitative estimate of drug-likeness (QED) is 0.229. The van der Waals surface area contributed by atoms with Crippen LogP contribution in [0.25, 0.3) is 22.3 Å². The molecule has 4 heteroatoms.